The van der Waals surface area contributed by atoms with E-state index in [2.05, 4.69) is 41.6 Å². The zero-order valence-corrected chi connectivity index (χ0v) is 17.5. The monoisotopic (exact) mass is 390 g/mol. The number of piperidine rings is 1. The Balaban J connectivity index is 1.78. The number of likely N-dealkylation sites (tertiary alicyclic amines) is 1. The molecular formula is C21H34N4O3. The van der Waals surface area contributed by atoms with Gasteiger partial charge in [-0.05, 0) is 43.4 Å². The number of amides is 1. The second kappa shape index (κ2) is 11.4. The van der Waals surface area contributed by atoms with Crippen molar-refractivity contribution in [2.24, 2.45) is 10.9 Å². The van der Waals surface area contributed by atoms with Crippen LogP contribution in [0.3, 0.4) is 0 Å². The van der Waals surface area contributed by atoms with Crippen LogP contribution in [0, 0.1) is 5.92 Å². The Bertz CT molecular complexity index is 640. The van der Waals surface area contributed by atoms with Gasteiger partial charge in [-0.2, -0.15) is 0 Å². The fourth-order valence-corrected chi connectivity index (χ4v) is 3.00. The molecule has 0 atom stereocenters. The Morgan fingerprint density at radius 2 is 2.07 bits per heavy atom. The maximum absolute atomic E-state index is 11.8. The minimum atomic E-state index is -0.219. The van der Waals surface area contributed by atoms with E-state index in [1.165, 1.54) is 0 Å². The van der Waals surface area contributed by atoms with E-state index in [0.29, 0.717) is 38.8 Å². The molecule has 0 spiro atoms. The first-order valence-electron chi connectivity index (χ1n) is 10.1. The minimum absolute atomic E-state index is 0.219. The van der Waals surface area contributed by atoms with Gasteiger partial charge in [0.1, 0.15) is 5.75 Å². The average Bonchev–Trinajstić information content (AvgIpc) is 2.70. The van der Waals surface area contributed by atoms with Gasteiger partial charge in [0.15, 0.2) is 5.96 Å². The maximum atomic E-state index is 11.8. The number of carbonyl (C=O) groups is 1. The summed E-state index contributed by atoms with van der Waals surface area (Å²) in [5, 5.41) is 6.81. The van der Waals surface area contributed by atoms with Crippen molar-refractivity contribution in [1.29, 1.82) is 0 Å². The summed E-state index contributed by atoms with van der Waals surface area (Å²) < 4.78 is 10.9. The Kier molecular flexibility index (Phi) is 8.91. The van der Waals surface area contributed by atoms with Gasteiger partial charge in [0, 0.05) is 32.7 Å². The van der Waals surface area contributed by atoms with Crippen LogP contribution in [-0.2, 0) is 11.3 Å². The normalized spacial score (nSPS) is 15.5. The summed E-state index contributed by atoms with van der Waals surface area (Å²) in [6.45, 7) is 9.29. The third-order valence-corrected chi connectivity index (χ3v) is 4.53. The lowest BCUT2D eigenvalue weighted by Crippen LogP contribution is -2.49. The summed E-state index contributed by atoms with van der Waals surface area (Å²) in [5.74, 6) is 2.16. The Morgan fingerprint density at radius 1 is 1.32 bits per heavy atom. The van der Waals surface area contributed by atoms with Gasteiger partial charge < -0.3 is 25.0 Å². The summed E-state index contributed by atoms with van der Waals surface area (Å²) in [7, 11) is 1.77. The van der Waals surface area contributed by atoms with Crippen molar-refractivity contribution in [3.8, 4) is 5.75 Å². The van der Waals surface area contributed by atoms with Crippen molar-refractivity contribution in [3.05, 3.63) is 29.8 Å². The third kappa shape index (κ3) is 7.29. The average molecular weight is 391 g/mol. The van der Waals surface area contributed by atoms with Crippen molar-refractivity contribution in [1.82, 2.24) is 15.5 Å². The maximum Gasteiger partial charge on any atom is 0.409 e. The fraction of sp³-hybridized carbons (Fsp3) is 0.619. The number of hydrogen-bond donors (Lipinski definition) is 2. The molecular weight excluding hydrogens is 356 g/mol. The van der Waals surface area contributed by atoms with Crippen molar-refractivity contribution >= 4 is 12.1 Å². The number of benzene rings is 1. The van der Waals surface area contributed by atoms with Gasteiger partial charge in [-0.3, -0.25) is 4.99 Å². The molecule has 1 fully saturated rings. The number of nitrogens with one attached hydrogen (secondary N) is 2. The van der Waals surface area contributed by atoms with Crippen LogP contribution in [0.1, 0.15) is 39.2 Å². The molecule has 2 rings (SSSR count). The molecule has 1 heterocycles. The number of carbonyl (C=O) groups excluding carboxylic acids is 1. The predicted molar refractivity (Wildman–Crippen MR) is 112 cm³/mol. The molecule has 0 unspecified atom stereocenters. The second-order valence-corrected chi connectivity index (χ2v) is 7.38. The summed E-state index contributed by atoms with van der Waals surface area (Å²) in [5.41, 5.74) is 1.14. The molecule has 1 amide bonds. The Morgan fingerprint density at radius 3 is 2.71 bits per heavy atom. The van der Waals surface area contributed by atoms with Crippen LogP contribution in [0.2, 0.25) is 0 Å². The first-order valence-corrected chi connectivity index (χ1v) is 10.1. The highest BCUT2D eigenvalue weighted by molar-refractivity contribution is 5.80. The lowest BCUT2D eigenvalue weighted by atomic mass is 10.1. The molecule has 7 heteroatoms. The van der Waals surface area contributed by atoms with Gasteiger partial charge in [-0.15, -0.1) is 0 Å². The van der Waals surface area contributed by atoms with E-state index in [1.54, 1.807) is 11.9 Å². The van der Waals surface area contributed by atoms with Crippen LogP contribution >= 0.6 is 0 Å². The molecule has 1 saturated heterocycles. The van der Waals surface area contributed by atoms with Crippen LogP contribution in [-0.4, -0.2) is 56.3 Å². The molecule has 0 bridgehead atoms. The van der Waals surface area contributed by atoms with Crippen LogP contribution in [0.15, 0.2) is 29.3 Å². The van der Waals surface area contributed by atoms with E-state index in [0.717, 1.165) is 30.1 Å². The lowest BCUT2D eigenvalue weighted by molar-refractivity contribution is 0.0963. The number of ether oxygens (including phenoxy) is 2. The molecule has 2 N–H and O–H groups in total. The van der Waals surface area contributed by atoms with Crippen molar-refractivity contribution in [2.45, 2.75) is 46.2 Å². The number of guanidine groups is 1. The predicted octanol–water partition coefficient (Wildman–Crippen LogP) is 3.01. The highest BCUT2D eigenvalue weighted by Gasteiger charge is 2.24. The third-order valence-electron chi connectivity index (χ3n) is 4.53. The minimum Gasteiger partial charge on any atom is -0.493 e. The molecule has 0 saturated carbocycles. The highest BCUT2D eigenvalue weighted by Crippen LogP contribution is 2.15. The first-order chi connectivity index (χ1) is 13.5. The molecule has 28 heavy (non-hydrogen) atoms. The lowest BCUT2D eigenvalue weighted by Gasteiger charge is -2.32. The number of hydrogen-bond acceptors (Lipinski definition) is 4. The van der Waals surface area contributed by atoms with Crippen molar-refractivity contribution < 1.29 is 14.3 Å². The SMILES string of the molecule is CCOC(=O)N1CCC(NC(=NC)NCc2cccc(OCC(C)C)c2)CC1. The first kappa shape index (κ1) is 21.9. The van der Waals surface area contributed by atoms with Crippen LogP contribution < -0.4 is 15.4 Å². The quantitative estimate of drug-likeness (QED) is 0.553. The van der Waals surface area contributed by atoms with E-state index < -0.39 is 0 Å². The smallest absolute Gasteiger partial charge is 0.409 e. The van der Waals surface area contributed by atoms with E-state index in [9.17, 15) is 4.79 Å². The topological polar surface area (TPSA) is 75.2 Å². The largest absolute Gasteiger partial charge is 0.493 e. The number of aliphatic imine (C=N–C) groups is 1. The van der Waals surface area contributed by atoms with E-state index in [1.807, 2.05) is 19.1 Å². The van der Waals surface area contributed by atoms with E-state index in [-0.39, 0.29) is 12.1 Å². The molecule has 1 aliphatic rings. The van der Waals surface area contributed by atoms with E-state index in [4.69, 9.17) is 9.47 Å². The second-order valence-electron chi connectivity index (χ2n) is 7.38. The highest BCUT2D eigenvalue weighted by atomic mass is 16.6. The zero-order valence-electron chi connectivity index (χ0n) is 17.5. The zero-order chi connectivity index (χ0) is 20.4. The van der Waals surface area contributed by atoms with Gasteiger partial charge >= 0.3 is 6.09 Å². The number of rotatable bonds is 7. The van der Waals surface area contributed by atoms with Gasteiger partial charge in [0.2, 0.25) is 0 Å². The van der Waals surface area contributed by atoms with Crippen LogP contribution in [0.5, 0.6) is 5.75 Å². The molecule has 156 valence electrons. The van der Waals surface area contributed by atoms with Crippen molar-refractivity contribution in [2.75, 3.05) is 33.4 Å². The van der Waals surface area contributed by atoms with Crippen LogP contribution in [0.25, 0.3) is 0 Å². The summed E-state index contributed by atoms with van der Waals surface area (Å²) >= 11 is 0. The molecule has 1 aromatic rings. The Hall–Kier alpha value is -2.44. The molecule has 1 aliphatic heterocycles. The summed E-state index contributed by atoms with van der Waals surface area (Å²) in [6, 6.07) is 8.41. The molecule has 1 aromatic carbocycles. The summed E-state index contributed by atoms with van der Waals surface area (Å²) in [6.07, 6.45) is 1.53. The van der Waals surface area contributed by atoms with E-state index >= 15 is 0 Å². The Labute approximate surface area is 168 Å². The van der Waals surface area contributed by atoms with Gasteiger partial charge in [-0.25, -0.2) is 4.79 Å². The fourth-order valence-electron chi connectivity index (χ4n) is 3.00. The standard InChI is InChI=1S/C21H34N4O3/c1-5-27-21(26)25-11-9-18(10-12-25)24-20(22-4)23-14-17-7-6-8-19(13-17)28-15-16(2)3/h6-8,13,16,18H,5,9-12,14-15H2,1-4H3,(H2,22,23,24). The molecule has 0 aliphatic carbocycles. The summed E-state index contributed by atoms with van der Waals surface area (Å²) in [4.78, 5) is 17.9. The van der Waals surface area contributed by atoms with Gasteiger partial charge in [0.05, 0.1) is 13.2 Å². The molecule has 0 aromatic heterocycles. The number of nitrogens with zero attached hydrogens (tertiary/aromatic N) is 2. The molecule has 0 radical (unpaired) electrons. The van der Waals surface area contributed by atoms with Crippen LogP contribution in [0.4, 0.5) is 4.79 Å². The van der Waals surface area contributed by atoms with Gasteiger partial charge in [0.25, 0.3) is 0 Å². The van der Waals surface area contributed by atoms with Gasteiger partial charge in [-0.1, -0.05) is 26.0 Å². The van der Waals surface area contributed by atoms with Crippen molar-refractivity contribution in [3.63, 3.8) is 0 Å². The molecule has 7 nitrogen and oxygen atoms in total.